The van der Waals surface area contributed by atoms with Crippen molar-refractivity contribution in [2.45, 2.75) is 13.8 Å². The van der Waals surface area contributed by atoms with E-state index in [1.54, 1.807) is 18.2 Å². The number of nitrogens with one attached hydrogen (secondary N) is 1. The molecule has 34 heavy (non-hydrogen) atoms. The number of carbonyl (C=O) groups excluding carboxylic acids is 1. The van der Waals surface area contributed by atoms with Crippen LogP contribution in [0, 0.1) is 34.1 Å². The minimum Gasteiger partial charge on any atom is -0.483 e. The first kappa shape index (κ1) is 23.9. The third kappa shape index (κ3) is 6.13. The third-order valence-corrected chi connectivity index (χ3v) is 4.60. The van der Waals surface area contributed by atoms with Crippen molar-refractivity contribution < 1.29 is 24.1 Å². The average Bonchev–Trinajstić information content (AvgIpc) is 2.79. The predicted octanol–water partition coefficient (Wildman–Crippen LogP) is 4.44. The molecule has 0 aliphatic carbocycles. The Bertz CT molecular complexity index is 1250. The van der Waals surface area contributed by atoms with Crippen molar-refractivity contribution in [2.24, 2.45) is 5.10 Å². The Labute approximate surface area is 193 Å². The highest BCUT2D eigenvalue weighted by Crippen LogP contribution is 2.34. The molecule has 0 spiro atoms. The van der Waals surface area contributed by atoms with Gasteiger partial charge in [-0.15, -0.1) is 0 Å². The minimum atomic E-state index is -0.760. The van der Waals surface area contributed by atoms with E-state index in [0.717, 1.165) is 29.3 Å². The lowest BCUT2D eigenvalue weighted by molar-refractivity contribution is -0.394. The van der Waals surface area contributed by atoms with E-state index < -0.39 is 27.1 Å². The summed E-state index contributed by atoms with van der Waals surface area (Å²) in [6, 6.07) is 15.2. The molecule has 0 atom stereocenters. The molecule has 11 heteroatoms. The number of hydrazone groups is 1. The average molecular weight is 464 g/mol. The smallest absolute Gasteiger partial charge is 0.318 e. The summed E-state index contributed by atoms with van der Waals surface area (Å²) in [5.41, 5.74) is 3.78. The third-order valence-electron chi connectivity index (χ3n) is 4.60. The molecule has 3 aromatic rings. The highest BCUT2D eigenvalue weighted by molar-refractivity contribution is 5.83. The van der Waals surface area contributed by atoms with E-state index in [1.807, 2.05) is 32.0 Å². The van der Waals surface area contributed by atoms with E-state index in [-0.39, 0.29) is 18.1 Å². The normalized spacial score (nSPS) is 10.6. The summed E-state index contributed by atoms with van der Waals surface area (Å²) in [6.45, 7) is 3.56. The molecule has 174 valence electrons. The Morgan fingerprint density at radius 3 is 2.38 bits per heavy atom. The number of aryl methyl sites for hydroxylation is 2. The van der Waals surface area contributed by atoms with Crippen LogP contribution in [0.3, 0.4) is 0 Å². The van der Waals surface area contributed by atoms with Gasteiger partial charge < -0.3 is 9.47 Å². The molecular weight excluding hydrogens is 444 g/mol. The van der Waals surface area contributed by atoms with Crippen LogP contribution in [0.1, 0.15) is 16.7 Å². The highest BCUT2D eigenvalue weighted by atomic mass is 16.6. The molecule has 0 aliphatic rings. The number of hydrogen-bond acceptors (Lipinski definition) is 8. The van der Waals surface area contributed by atoms with Crippen molar-refractivity contribution in [3.05, 3.63) is 97.6 Å². The van der Waals surface area contributed by atoms with E-state index in [1.165, 1.54) is 12.3 Å². The molecule has 3 aromatic carbocycles. The molecule has 0 fully saturated rings. The number of benzene rings is 3. The zero-order chi connectivity index (χ0) is 24.7. The lowest BCUT2D eigenvalue weighted by Gasteiger charge is -2.10. The van der Waals surface area contributed by atoms with E-state index in [9.17, 15) is 25.0 Å². The van der Waals surface area contributed by atoms with Crippen molar-refractivity contribution in [1.29, 1.82) is 0 Å². The zero-order valence-corrected chi connectivity index (χ0v) is 18.3. The van der Waals surface area contributed by atoms with Crippen LogP contribution in [-0.4, -0.2) is 28.6 Å². The van der Waals surface area contributed by atoms with Gasteiger partial charge in [-0.25, -0.2) is 5.43 Å². The van der Waals surface area contributed by atoms with Gasteiger partial charge in [-0.05, 0) is 48.7 Å². The number of nitrogens with zero attached hydrogens (tertiary/aromatic N) is 3. The zero-order valence-electron chi connectivity index (χ0n) is 18.3. The summed E-state index contributed by atoms with van der Waals surface area (Å²) in [6.07, 6.45) is 1.37. The minimum absolute atomic E-state index is 0.151. The molecule has 0 aromatic heterocycles. The van der Waals surface area contributed by atoms with Gasteiger partial charge >= 0.3 is 5.69 Å². The van der Waals surface area contributed by atoms with Crippen molar-refractivity contribution in [3.63, 3.8) is 0 Å². The van der Waals surface area contributed by atoms with E-state index >= 15 is 0 Å². The topological polar surface area (TPSA) is 146 Å². The van der Waals surface area contributed by atoms with Gasteiger partial charge in [0.05, 0.1) is 22.1 Å². The first-order valence-corrected chi connectivity index (χ1v) is 9.96. The van der Waals surface area contributed by atoms with Crippen LogP contribution in [0.2, 0.25) is 0 Å². The van der Waals surface area contributed by atoms with Gasteiger partial charge in [0, 0.05) is 6.07 Å². The summed E-state index contributed by atoms with van der Waals surface area (Å²) < 4.78 is 11.1. The van der Waals surface area contributed by atoms with E-state index in [2.05, 4.69) is 10.5 Å². The Balaban J connectivity index is 1.63. The summed E-state index contributed by atoms with van der Waals surface area (Å²) >= 11 is 0. The number of nitro groups is 2. The summed E-state index contributed by atoms with van der Waals surface area (Å²) in [5.74, 6) is 0.284. The van der Waals surface area contributed by atoms with Gasteiger partial charge in [0.25, 0.3) is 11.6 Å². The van der Waals surface area contributed by atoms with Gasteiger partial charge in [0.1, 0.15) is 11.5 Å². The molecule has 1 amide bonds. The maximum absolute atomic E-state index is 12.0. The molecular formula is C23H20N4O7. The molecule has 0 saturated heterocycles. The molecule has 0 unspecified atom stereocenters. The molecule has 0 saturated carbocycles. The number of hydrogen-bond donors (Lipinski definition) is 1. The van der Waals surface area contributed by atoms with Crippen molar-refractivity contribution in [3.8, 4) is 17.2 Å². The monoisotopic (exact) mass is 464 g/mol. The molecule has 0 heterocycles. The first-order valence-electron chi connectivity index (χ1n) is 9.96. The SMILES string of the molecule is Cc1cccc(C)c1OCC(=O)N/N=C/c1cccc(Oc2ccc([N+](=O)[O-])cc2[N+](=O)[O-])c1. The van der Waals surface area contributed by atoms with E-state index in [4.69, 9.17) is 9.47 Å². The van der Waals surface area contributed by atoms with Crippen LogP contribution in [0.5, 0.6) is 17.2 Å². The molecule has 3 rings (SSSR count). The second-order valence-corrected chi connectivity index (χ2v) is 7.14. The number of nitro benzene ring substituents is 2. The Hall–Kier alpha value is -4.80. The fraction of sp³-hybridized carbons (Fsp3) is 0.130. The van der Waals surface area contributed by atoms with Crippen molar-refractivity contribution >= 4 is 23.5 Å². The lowest BCUT2D eigenvalue weighted by Crippen LogP contribution is -2.25. The first-order chi connectivity index (χ1) is 16.2. The highest BCUT2D eigenvalue weighted by Gasteiger charge is 2.21. The van der Waals surface area contributed by atoms with Crippen molar-refractivity contribution in [2.75, 3.05) is 6.61 Å². The second kappa shape index (κ2) is 10.7. The number of carbonyl (C=O) groups is 1. The number of para-hydroxylation sites is 1. The summed E-state index contributed by atoms with van der Waals surface area (Å²) in [5, 5.41) is 26.0. The van der Waals surface area contributed by atoms with Gasteiger partial charge in [0.2, 0.25) is 5.75 Å². The van der Waals surface area contributed by atoms with E-state index in [0.29, 0.717) is 11.3 Å². The maximum atomic E-state index is 12.0. The van der Waals surface area contributed by atoms with Crippen molar-refractivity contribution in [1.82, 2.24) is 5.43 Å². The number of rotatable bonds is 9. The summed E-state index contributed by atoms with van der Waals surface area (Å²) in [7, 11) is 0. The van der Waals surface area contributed by atoms with Crippen LogP contribution in [-0.2, 0) is 4.79 Å². The van der Waals surface area contributed by atoms with Gasteiger partial charge in [-0.2, -0.15) is 5.10 Å². The molecule has 11 nitrogen and oxygen atoms in total. The summed E-state index contributed by atoms with van der Waals surface area (Å²) in [4.78, 5) is 32.7. The van der Waals surface area contributed by atoms with Crippen LogP contribution in [0.4, 0.5) is 11.4 Å². The fourth-order valence-electron chi connectivity index (χ4n) is 3.01. The number of ether oxygens (including phenoxy) is 2. The Morgan fingerprint density at radius 2 is 1.71 bits per heavy atom. The Kier molecular flexibility index (Phi) is 7.49. The quantitative estimate of drug-likeness (QED) is 0.280. The second-order valence-electron chi connectivity index (χ2n) is 7.14. The largest absolute Gasteiger partial charge is 0.483 e. The van der Waals surface area contributed by atoms with Gasteiger partial charge in [0.15, 0.2) is 6.61 Å². The Morgan fingerprint density at radius 1 is 1.00 bits per heavy atom. The maximum Gasteiger partial charge on any atom is 0.318 e. The number of amides is 1. The number of non-ortho nitro benzene ring substituents is 1. The fourth-order valence-corrected chi connectivity index (χ4v) is 3.01. The van der Waals surface area contributed by atoms with Crippen LogP contribution in [0.15, 0.2) is 65.8 Å². The van der Waals surface area contributed by atoms with Crippen LogP contribution in [0.25, 0.3) is 0 Å². The molecule has 0 bridgehead atoms. The predicted molar refractivity (Wildman–Crippen MR) is 123 cm³/mol. The standard InChI is InChI=1S/C23H20N4O7/c1-15-5-3-6-16(2)23(15)33-14-22(28)25-24-13-17-7-4-8-19(11-17)34-21-10-9-18(26(29)30)12-20(21)27(31)32/h3-13H,14H2,1-2H3,(H,25,28)/b24-13+. The molecule has 0 radical (unpaired) electrons. The molecule has 1 N–H and O–H groups in total. The lowest BCUT2D eigenvalue weighted by atomic mass is 10.1. The molecule has 0 aliphatic heterocycles. The van der Waals surface area contributed by atoms with Crippen LogP contribution < -0.4 is 14.9 Å². The van der Waals surface area contributed by atoms with Gasteiger partial charge in [-0.1, -0.05) is 30.3 Å². The van der Waals surface area contributed by atoms with Crippen LogP contribution >= 0.6 is 0 Å². The van der Waals surface area contributed by atoms with Gasteiger partial charge in [-0.3, -0.25) is 25.0 Å².